The van der Waals surface area contributed by atoms with Gasteiger partial charge in [0.2, 0.25) is 5.91 Å². The van der Waals surface area contributed by atoms with E-state index in [9.17, 15) is 9.59 Å². The number of aromatic nitrogens is 1. The molecule has 3 N–H and O–H groups in total. The van der Waals surface area contributed by atoms with Crippen molar-refractivity contribution in [2.24, 2.45) is 5.73 Å². The van der Waals surface area contributed by atoms with Crippen molar-refractivity contribution in [3.63, 3.8) is 0 Å². The molecule has 0 bridgehead atoms. The zero-order chi connectivity index (χ0) is 15.2. The number of carbonyl (C=O) groups is 2. The molecule has 21 heavy (non-hydrogen) atoms. The minimum absolute atomic E-state index is 0.0983. The van der Waals surface area contributed by atoms with Gasteiger partial charge in [0.05, 0.1) is 13.2 Å². The molecule has 1 aliphatic heterocycles. The van der Waals surface area contributed by atoms with Crippen LogP contribution in [0, 0.1) is 11.8 Å². The summed E-state index contributed by atoms with van der Waals surface area (Å²) in [5.41, 5.74) is 6.08. The van der Waals surface area contributed by atoms with Gasteiger partial charge in [-0.25, -0.2) is 4.98 Å². The molecular formula is C14H15N3O4. The number of hydrogen-bond acceptors (Lipinski definition) is 5. The van der Waals surface area contributed by atoms with Crippen molar-refractivity contribution in [2.75, 3.05) is 26.4 Å². The number of hydrogen-bond donors (Lipinski definition) is 2. The van der Waals surface area contributed by atoms with Crippen molar-refractivity contribution in [3.05, 3.63) is 29.6 Å². The Morgan fingerprint density at radius 2 is 2.33 bits per heavy atom. The molecule has 1 aromatic rings. The number of primary amides is 1. The highest BCUT2D eigenvalue weighted by Crippen LogP contribution is 2.11. The van der Waals surface area contributed by atoms with Gasteiger partial charge >= 0.3 is 0 Å². The average molecular weight is 289 g/mol. The summed E-state index contributed by atoms with van der Waals surface area (Å²) in [6, 6.07) is 2.38. The molecule has 7 nitrogen and oxygen atoms in total. The third-order valence-electron chi connectivity index (χ3n) is 3.01. The molecule has 2 amide bonds. The van der Waals surface area contributed by atoms with E-state index in [1.165, 1.54) is 17.2 Å². The number of carbonyl (C=O) groups excluding carboxylic acids is 2. The normalized spacial score (nSPS) is 17.8. The van der Waals surface area contributed by atoms with Crippen LogP contribution in [0.25, 0.3) is 0 Å². The van der Waals surface area contributed by atoms with Gasteiger partial charge in [0, 0.05) is 18.3 Å². The zero-order valence-electron chi connectivity index (χ0n) is 11.3. The highest BCUT2D eigenvalue weighted by atomic mass is 16.5. The summed E-state index contributed by atoms with van der Waals surface area (Å²) >= 11 is 0. The van der Waals surface area contributed by atoms with Gasteiger partial charge in [0.1, 0.15) is 18.3 Å². The van der Waals surface area contributed by atoms with Crippen LogP contribution < -0.4 is 5.73 Å². The summed E-state index contributed by atoms with van der Waals surface area (Å²) in [5, 5.41) is 8.61. The van der Waals surface area contributed by atoms with E-state index in [-0.39, 0.29) is 24.8 Å². The van der Waals surface area contributed by atoms with Crippen molar-refractivity contribution in [1.82, 2.24) is 9.88 Å². The lowest BCUT2D eigenvalue weighted by atomic mass is 10.2. The molecule has 0 saturated carbocycles. The molecule has 2 rings (SSSR count). The van der Waals surface area contributed by atoms with E-state index in [0.717, 1.165) is 0 Å². The second kappa shape index (κ2) is 6.83. The number of nitrogens with two attached hydrogens (primary N) is 1. The van der Waals surface area contributed by atoms with Crippen LogP contribution >= 0.6 is 0 Å². The number of aliphatic hydroxyl groups is 1. The number of aliphatic hydroxyl groups excluding tert-OH is 1. The Balaban J connectivity index is 2.16. The lowest BCUT2D eigenvalue weighted by molar-refractivity contribution is -0.127. The van der Waals surface area contributed by atoms with Crippen LogP contribution in [0.4, 0.5) is 0 Å². The quantitative estimate of drug-likeness (QED) is 0.662. The van der Waals surface area contributed by atoms with Crippen LogP contribution in [-0.4, -0.2) is 59.2 Å². The van der Waals surface area contributed by atoms with Crippen molar-refractivity contribution in [3.8, 4) is 11.8 Å². The number of ether oxygens (including phenoxy) is 1. The van der Waals surface area contributed by atoms with E-state index in [1.54, 1.807) is 6.07 Å². The van der Waals surface area contributed by atoms with Crippen molar-refractivity contribution < 1.29 is 19.4 Å². The van der Waals surface area contributed by atoms with Crippen LogP contribution in [0.15, 0.2) is 18.3 Å². The van der Waals surface area contributed by atoms with Crippen molar-refractivity contribution in [2.45, 2.75) is 6.04 Å². The number of amides is 2. The SMILES string of the molecule is NC(=O)C1COCCN1C(=O)c1ccc(C#CCO)cn1. The fraction of sp³-hybridized carbons (Fsp3) is 0.357. The first-order chi connectivity index (χ1) is 10.1. The van der Waals surface area contributed by atoms with Crippen molar-refractivity contribution in [1.29, 1.82) is 0 Å². The Bertz CT molecular complexity index is 588. The molecule has 1 unspecified atom stereocenters. The second-order valence-electron chi connectivity index (χ2n) is 4.38. The Labute approximate surface area is 121 Å². The summed E-state index contributed by atoms with van der Waals surface area (Å²) in [5.74, 6) is 4.20. The molecule has 1 fully saturated rings. The molecule has 7 heteroatoms. The van der Waals surface area contributed by atoms with Crippen molar-refractivity contribution >= 4 is 11.8 Å². The molecule has 1 atom stereocenters. The minimum atomic E-state index is -0.776. The number of pyridine rings is 1. The fourth-order valence-electron chi connectivity index (χ4n) is 1.97. The summed E-state index contributed by atoms with van der Waals surface area (Å²) in [7, 11) is 0. The summed E-state index contributed by atoms with van der Waals surface area (Å²) in [6.07, 6.45) is 1.44. The van der Waals surface area contributed by atoms with Gasteiger partial charge < -0.3 is 20.5 Å². The van der Waals surface area contributed by atoms with Gasteiger partial charge in [-0.3, -0.25) is 9.59 Å². The standard InChI is InChI=1S/C14H15N3O4/c15-13(19)12-9-21-7-5-17(12)14(20)11-4-3-10(8-16-11)2-1-6-18/h3-4,8,12,18H,5-7,9H2,(H2,15,19). The third kappa shape index (κ3) is 3.56. The van der Waals surface area contributed by atoms with Crippen LogP contribution in [0.3, 0.4) is 0 Å². The Morgan fingerprint density at radius 3 is 2.95 bits per heavy atom. The number of morpholine rings is 1. The molecule has 110 valence electrons. The van der Waals surface area contributed by atoms with Crippen LogP contribution in [-0.2, 0) is 9.53 Å². The molecule has 1 aromatic heterocycles. The first kappa shape index (κ1) is 15.0. The first-order valence-corrected chi connectivity index (χ1v) is 6.37. The number of nitrogens with zero attached hydrogens (tertiary/aromatic N) is 2. The lowest BCUT2D eigenvalue weighted by Crippen LogP contribution is -2.54. The largest absolute Gasteiger partial charge is 0.384 e. The summed E-state index contributed by atoms with van der Waals surface area (Å²) < 4.78 is 5.17. The predicted octanol–water partition coefficient (Wildman–Crippen LogP) is -1.25. The van der Waals surface area contributed by atoms with Gasteiger partial charge in [-0.15, -0.1) is 0 Å². The van der Waals surface area contributed by atoms with E-state index in [2.05, 4.69) is 16.8 Å². The highest BCUT2D eigenvalue weighted by molar-refractivity contribution is 5.96. The van der Waals surface area contributed by atoms with Gasteiger partial charge in [0.15, 0.2) is 0 Å². The van der Waals surface area contributed by atoms with Gasteiger partial charge in [-0.2, -0.15) is 0 Å². The second-order valence-corrected chi connectivity index (χ2v) is 4.38. The maximum absolute atomic E-state index is 12.4. The predicted molar refractivity (Wildman–Crippen MR) is 73.0 cm³/mol. The zero-order valence-corrected chi connectivity index (χ0v) is 11.3. The minimum Gasteiger partial charge on any atom is -0.384 e. The highest BCUT2D eigenvalue weighted by Gasteiger charge is 2.32. The average Bonchev–Trinajstić information content (AvgIpc) is 2.52. The fourth-order valence-corrected chi connectivity index (χ4v) is 1.97. The molecule has 0 aliphatic carbocycles. The van der Waals surface area contributed by atoms with Crippen LogP contribution in [0.1, 0.15) is 16.1 Å². The molecule has 2 heterocycles. The van der Waals surface area contributed by atoms with E-state index >= 15 is 0 Å². The van der Waals surface area contributed by atoms with Gasteiger partial charge in [-0.1, -0.05) is 11.8 Å². The smallest absolute Gasteiger partial charge is 0.273 e. The molecule has 1 saturated heterocycles. The monoisotopic (exact) mass is 289 g/mol. The lowest BCUT2D eigenvalue weighted by Gasteiger charge is -2.33. The molecule has 0 aromatic carbocycles. The number of rotatable bonds is 2. The van der Waals surface area contributed by atoms with Crippen LogP contribution in [0.5, 0.6) is 0 Å². The Kier molecular flexibility index (Phi) is 4.87. The first-order valence-electron chi connectivity index (χ1n) is 6.37. The Morgan fingerprint density at radius 1 is 1.52 bits per heavy atom. The molecular weight excluding hydrogens is 274 g/mol. The summed E-state index contributed by atoms with van der Waals surface area (Å²) in [6.45, 7) is 0.506. The molecule has 0 spiro atoms. The molecule has 1 aliphatic rings. The maximum atomic E-state index is 12.4. The molecule has 0 radical (unpaired) electrons. The van der Waals surface area contributed by atoms with Gasteiger partial charge in [-0.05, 0) is 12.1 Å². The van der Waals surface area contributed by atoms with E-state index < -0.39 is 11.9 Å². The van der Waals surface area contributed by atoms with Crippen LogP contribution in [0.2, 0.25) is 0 Å². The Hall–Kier alpha value is -2.43. The summed E-state index contributed by atoms with van der Waals surface area (Å²) in [4.78, 5) is 29.1. The van der Waals surface area contributed by atoms with E-state index in [4.69, 9.17) is 15.6 Å². The van der Waals surface area contributed by atoms with E-state index in [1.807, 2.05) is 0 Å². The van der Waals surface area contributed by atoms with Gasteiger partial charge in [0.25, 0.3) is 5.91 Å². The maximum Gasteiger partial charge on any atom is 0.273 e. The van der Waals surface area contributed by atoms with E-state index in [0.29, 0.717) is 18.7 Å². The topological polar surface area (TPSA) is 106 Å². The third-order valence-corrected chi connectivity index (χ3v) is 3.01.